The summed E-state index contributed by atoms with van der Waals surface area (Å²) in [4.78, 5) is 7.47. The van der Waals surface area contributed by atoms with E-state index in [0.29, 0.717) is 17.5 Å². The van der Waals surface area contributed by atoms with Crippen molar-refractivity contribution < 1.29 is 4.39 Å². The summed E-state index contributed by atoms with van der Waals surface area (Å²) in [6.07, 6.45) is 0.917. The van der Waals surface area contributed by atoms with E-state index in [1.165, 1.54) is 12.1 Å². The Balaban J connectivity index is 1.84. The van der Waals surface area contributed by atoms with Crippen molar-refractivity contribution in [1.29, 1.82) is 0 Å². The van der Waals surface area contributed by atoms with E-state index in [9.17, 15) is 4.39 Å². The summed E-state index contributed by atoms with van der Waals surface area (Å²) in [5.41, 5.74) is 1.52. The van der Waals surface area contributed by atoms with E-state index >= 15 is 0 Å². The van der Waals surface area contributed by atoms with Crippen LogP contribution in [0.1, 0.15) is 20.3 Å². The molecule has 5 heteroatoms. The third-order valence-corrected chi connectivity index (χ3v) is 4.64. The number of hydrogen-bond donors (Lipinski definition) is 2. The van der Waals surface area contributed by atoms with Crippen molar-refractivity contribution in [2.24, 2.45) is 5.41 Å². The number of aromatic nitrogens is 2. The smallest absolute Gasteiger partial charge is 0.201 e. The highest BCUT2D eigenvalue weighted by Gasteiger charge is 2.47. The zero-order valence-corrected chi connectivity index (χ0v) is 11.1. The van der Waals surface area contributed by atoms with Gasteiger partial charge in [-0.05, 0) is 24.6 Å². The number of fused-ring (bicyclic) bond motifs is 1. The number of alkyl halides is 1. The van der Waals surface area contributed by atoms with Gasteiger partial charge in [-0.2, -0.15) is 0 Å². The monoisotopic (exact) mass is 267 g/mol. The van der Waals surface area contributed by atoms with Crippen molar-refractivity contribution in [2.45, 2.75) is 31.7 Å². The van der Waals surface area contributed by atoms with Crippen LogP contribution in [-0.2, 0) is 0 Å². The molecule has 1 aliphatic rings. The standard InChI is InChI=1S/C13H15ClFN3/c1-13(2)10(14)6-11(13)18-12-16-8-4-3-7(15)5-9(8)17-12/h3-5,10-11H,6H2,1-2H3,(H2,16,17,18). The van der Waals surface area contributed by atoms with E-state index < -0.39 is 0 Å². The molecule has 1 fully saturated rings. The van der Waals surface area contributed by atoms with Crippen molar-refractivity contribution in [3.05, 3.63) is 24.0 Å². The zero-order chi connectivity index (χ0) is 12.9. The van der Waals surface area contributed by atoms with Crippen LogP contribution in [0.2, 0.25) is 0 Å². The fourth-order valence-corrected chi connectivity index (χ4v) is 2.66. The number of benzene rings is 1. The lowest BCUT2D eigenvalue weighted by atomic mass is 9.67. The van der Waals surface area contributed by atoms with Crippen molar-refractivity contribution in [3.63, 3.8) is 0 Å². The van der Waals surface area contributed by atoms with Gasteiger partial charge in [0.15, 0.2) is 0 Å². The number of hydrogen-bond acceptors (Lipinski definition) is 2. The van der Waals surface area contributed by atoms with Gasteiger partial charge in [0.1, 0.15) is 5.82 Å². The molecule has 2 unspecified atom stereocenters. The first-order valence-corrected chi connectivity index (χ1v) is 6.46. The molecule has 1 aromatic heterocycles. The maximum Gasteiger partial charge on any atom is 0.201 e. The fourth-order valence-electron chi connectivity index (χ4n) is 2.33. The topological polar surface area (TPSA) is 40.7 Å². The highest BCUT2D eigenvalue weighted by molar-refractivity contribution is 6.21. The maximum absolute atomic E-state index is 13.1. The predicted octanol–water partition coefficient (Wildman–Crippen LogP) is 3.52. The molecule has 0 radical (unpaired) electrons. The molecule has 3 nitrogen and oxygen atoms in total. The molecule has 18 heavy (non-hydrogen) atoms. The van der Waals surface area contributed by atoms with E-state index in [-0.39, 0.29) is 16.6 Å². The number of halogens is 2. The largest absolute Gasteiger partial charge is 0.352 e. The molecule has 3 rings (SSSR count). The highest BCUT2D eigenvalue weighted by Crippen LogP contribution is 2.45. The average Bonchev–Trinajstić information content (AvgIpc) is 2.70. The molecule has 1 saturated carbocycles. The Bertz CT molecular complexity index is 593. The quantitative estimate of drug-likeness (QED) is 0.818. The summed E-state index contributed by atoms with van der Waals surface area (Å²) in [5.74, 6) is 0.416. The summed E-state index contributed by atoms with van der Waals surface area (Å²) in [6, 6.07) is 4.83. The number of imidazole rings is 1. The second-order valence-corrected chi connectivity index (χ2v) is 6.00. The molecular weight excluding hydrogens is 253 g/mol. The molecule has 1 heterocycles. The van der Waals surface area contributed by atoms with E-state index in [0.717, 1.165) is 11.9 Å². The van der Waals surface area contributed by atoms with Gasteiger partial charge in [-0.25, -0.2) is 9.37 Å². The molecule has 1 aromatic carbocycles. The van der Waals surface area contributed by atoms with Crippen LogP contribution in [0.15, 0.2) is 18.2 Å². The van der Waals surface area contributed by atoms with Gasteiger partial charge in [-0.15, -0.1) is 11.6 Å². The van der Waals surface area contributed by atoms with E-state index in [1.807, 2.05) is 0 Å². The van der Waals surface area contributed by atoms with Crippen LogP contribution >= 0.6 is 11.6 Å². The van der Waals surface area contributed by atoms with Gasteiger partial charge < -0.3 is 10.3 Å². The van der Waals surface area contributed by atoms with Gasteiger partial charge in [0.05, 0.1) is 11.0 Å². The third-order valence-electron chi connectivity index (χ3n) is 3.90. The third kappa shape index (κ3) is 1.75. The number of rotatable bonds is 2. The molecule has 96 valence electrons. The SMILES string of the molecule is CC1(C)C(Cl)CC1Nc1nc2ccc(F)cc2[nH]1. The molecule has 2 N–H and O–H groups in total. The Morgan fingerprint density at radius 3 is 2.94 bits per heavy atom. The van der Waals surface area contributed by atoms with E-state index in [4.69, 9.17) is 11.6 Å². The minimum absolute atomic E-state index is 0.0474. The summed E-state index contributed by atoms with van der Waals surface area (Å²) < 4.78 is 13.1. The Morgan fingerprint density at radius 2 is 2.28 bits per heavy atom. The van der Waals surface area contributed by atoms with Gasteiger partial charge in [-0.1, -0.05) is 13.8 Å². The predicted molar refractivity (Wildman–Crippen MR) is 71.5 cm³/mol. The highest BCUT2D eigenvalue weighted by atomic mass is 35.5. The first kappa shape index (κ1) is 11.8. The lowest BCUT2D eigenvalue weighted by Crippen LogP contribution is -2.54. The van der Waals surface area contributed by atoms with Crippen molar-refractivity contribution in [3.8, 4) is 0 Å². The van der Waals surface area contributed by atoms with Gasteiger partial charge in [0, 0.05) is 16.8 Å². The van der Waals surface area contributed by atoms with Gasteiger partial charge >= 0.3 is 0 Å². The van der Waals surface area contributed by atoms with Crippen molar-refractivity contribution in [2.75, 3.05) is 5.32 Å². The van der Waals surface area contributed by atoms with Crippen LogP contribution < -0.4 is 5.32 Å². The number of nitrogens with one attached hydrogen (secondary N) is 2. The van der Waals surface area contributed by atoms with Gasteiger partial charge in [0.2, 0.25) is 5.95 Å². The van der Waals surface area contributed by atoms with E-state index in [1.54, 1.807) is 6.07 Å². The molecule has 0 spiro atoms. The normalized spacial score (nSPS) is 26.0. The number of H-pyrrole nitrogens is 1. The Labute approximate surface area is 110 Å². The number of nitrogens with zero attached hydrogens (tertiary/aromatic N) is 1. The molecule has 2 aromatic rings. The Hall–Kier alpha value is -1.29. The minimum atomic E-state index is -0.262. The van der Waals surface area contributed by atoms with Crippen molar-refractivity contribution in [1.82, 2.24) is 9.97 Å². The number of anilines is 1. The molecule has 0 amide bonds. The Kier molecular flexibility index (Phi) is 2.52. The summed E-state index contributed by atoms with van der Waals surface area (Å²) in [7, 11) is 0. The van der Waals surface area contributed by atoms with Crippen LogP contribution in [0.5, 0.6) is 0 Å². The zero-order valence-electron chi connectivity index (χ0n) is 10.3. The van der Waals surface area contributed by atoms with Gasteiger partial charge in [-0.3, -0.25) is 0 Å². The summed E-state index contributed by atoms with van der Waals surface area (Å²) >= 11 is 6.18. The number of aromatic amines is 1. The average molecular weight is 268 g/mol. The second kappa shape index (κ2) is 3.85. The van der Waals surface area contributed by atoms with Crippen LogP contribution in [0.4, 0.5) is 10.3 Å². The summed E-state index contributed by atoms with van der Waals surface area (Å²) in [5, 5.41) is 3.53. The van der Waals surface area contributed by atoms with Crippen LogP contribution in [-0.4, -0.2) is 21.4 Å². The minimum Gasteiger partial charge on any atom is -0.352 e. The van der Waals surface area contributed by atoms with Crippen LogP contribution in [0.3, 0.4) is 0 Å². The molecule has 0 aliphatic heterocycles. The molecule has 0 bridgehead atoms. The lowest BCUT2D eigenvalue weighted by molar-refractivity contribution is 0.168. The second-order valence-electron chi connectivity index (χ2n) is 5.47. The van der Waals surface area contributed by atoms with Crippen LogP contribution in [0, 0.1) is 11.2 Å². The molecule has 2 atom stereocenters. The molecular formula is C13H15ClFN3. The van der Waals surface area contributed by atoms with Crippen molar-refractivity contribution >= 4 is 28.6 Å². The summed E-state index contributed by atoms with van der Waals surface area (Å²) in [6.45, 7) is 4.27. The maximum atomic E-state index is 13.1. The first-order valence-electron chi connectivity index (χ1n) is 6.02. The molecule has 1 aliphatic carbocycles. The van der Waals surface area contributed by atoms with Crippen LogP contribution in [0.25, 0.3) is 11.0 Å². The van der Waals surface area contributed by atoms with Gasteiger partial charge in [0.25, 0.3) is 0 Å². The lowest BCUT2D eigenvalue weighted by Gasteiger charge is -2.49. The first-order chi connectivity index (χ1) is 8.46. The molecule has 0 saturated heterocycles. The fraction of sp³-hybridized carbons (Fsp3) is 0.462. The Morgan fingerprint density at radius 1 is 1.50 bits per heavy atom. The van der Waals surface area contributed by atoms with E-state index in [2.05, 4.69) is 29.1 Å².